The number of hydrogen-bond donors (Lipinski definition) is 1. The molecule has 0 amide bonds. The normalized spacial score (nSPS) is 42.0. The second kappa shape index (κ2) is 4.48. The van der Waals surface area contributed by atoms with E-state index in [1.165, 1.54) is 12.8 Å². The third-order valence-corrected chi connectivity index (χ3v) is 3.57. The summed E-state index contributed by atoms with van der Waals surface area (Å²) in [5, 5.41) is 9.88. The molecule has 1 saturated carbocycles. The Morgan fingerprint density at radius 3 is 2.50 bits per heavy atom. The summed E-state index contributed by atoms with van der Waals surface area (Å²) in [5.74, 6) is 1.00. The zero-order chi connectivity index (χ0) is 9.14. The Kier molecular flexibility index (Phi) is 3.85. The van der Waals surface area contributed by atoms with E-state index in [1.54, 1.807) is 0 Å². The van der Waals surface area contributed by atoms with Crippen LogP contribution >= 0.6 is 11.6 Å². The molecule has 0 radical (unpaired) electrons. The van der Waals surface area contributed by atoms with Crippen molar-refractivity contribution in [3.05, 3.63) is 0 Å². The van der Waals surface area contributed by atoms with Crippen molar-refractivity contribution < 1.29 is 5.11 Å². The second-order valence-corrected chi connectivity index (χ2v) is 4.40. The molecule has 12 heavy (non-hydrogen) atoms. The first-order valence-electron chi connectivity index (χ1n) is 5.02. The molecule has 0 aromatic carbocycles. The molecular weight excluding hydrogens is 172 g/mol. The molecule has 1 aliphatic carbocycles. The fourth-order valence-electron chi connectivity index (χ4n) is 2.44. The van der Waals surface area contributed by atoms with Crippen LogP contribution in [0.3, 0.4) is 0 Å². The van der Waals surface area contributed by atoms with Crippen LogP contribution in [0.25, 0.3) is 0 Å². The fraction of sp³-hybridized carbons (Fsp3) is 1.00. The van der Waals surface area contributed by atoms with Crippen molar-refractivity contribution in [2.24, 2.45) is 11.8 Å². The van der Waals surface area contributed by atoms with Gasteiger partial charge in [0.1, 0.15) is 0 Å². The number of aliphatic hydroxyl groups is 1. The molecule has 0 spiro atoms. The van der Waals surface area contributed by atoms with Gasteiger partial charge in [0.05, 0.1) is 6.10 Å². The molecule has 72 valence electrons. The number of aliphatic hydroxyl groups excluding tert-OH is 1. The molecule has 1 N–H and O–H groups in total. The summed E-state index contributed by atoms with van der Waals surface area (Å²) in [7, 11) is 0. The zero-order valence-corrected chi connectivity index (χ0v) is 8.72. The van der Waals surface area contributed by atoms with Crippen LogP contribution in [-0.4, -0.2) is 16.6 Å². The van der Waals surface area contributed by atoms with Crippen LogP contribution < -0.4 is 0 Å². The monoisotopic (exact) mass is 190 g/mol. The third-order valence-electron chi connectivity index (χ3n) is 3.07. The van der Waals surface area contributed by atoms with E-state index in [1.807, 2.05) is 0 Å². The van der Waals surface area contributed by atoms with Crippen LogP contribution in [0.5, 0.6) is 0 Å². The highest BCUT2D eigenvalue weighted by Gasteiger charge is 2.39. The van der Waals surface area contributed by atoms with Crippen LogP contribution in [0.15, 0.2) is 0 Å². The SMILES string of the molecule is CCCC1C(Cl)CC(O)C1CC. The molecule has 0 aliphatic heterocycles. The summed E-state index contributed by atoms with van der Waals surface area (Å²) in [5.41, 5.74) is 0. The van der Waals surface area contributed by atoms with Gasteiger partial charge in [0, 0.05) is 5.38 Å². The first-order chi connectivity index (χ1) is 5.70. The van der Waals surface area contributed by atoms with E-state index in [9.17, 15) is 5.11 Å². The molecular formula is C10H19ClO. The lowest BCUT2D eigenvalue weighted by Crippen LogP contribution is -2.19. The minimum Gasteiger partial charge on any atom is -0.393 e. The maximum absolute atomic E-state index is 9.67. The molecule has 0 aromatic rings. The van der Waals surface area contributed by atoms with Gasteiger partial charge in [-0.15, -0.1) is 11.6 Å². The molecule has 0 heterocycles. The van der Waals surface area contributed by atoms with E-state index < -0.39 is 0 Å². The lowest BCUT2D eigenvalue weighted by molar-refractivity contribution is 0.113. The zero-order valence-electron chi connectivity index (χ0n) is 7.96. The van der Waals surface area contributed by atoms with Crippen LogP contribution in [0.2, 0.25) is 0 Å². The van der Waals surface area contributed by atoms with Gasteiger partial charge in [-0.2, -0.15) is 0 Å². The Balaban J connectivity index is 2.55. The summed E-state index contributed by atoms with van der Waals surface area (Å²) in [6, 6.07) is 0. The van der Waals surface area contributed by atoms with Gasteiger partial charge in [0.15, 0.2) is 0 Å². The van der Waals surface area contributed by atoms with Crippen LogP contribution in [0.4, 0.5) is 0 Å². The van der Waals surface area contributed by atoms with Gasteiger partial charge < -0.3 is 5.11 Å². The Morgan fingerprint density at radius 2 is 2.00 bits per heavy atom. The van der Waals surface area contributed by atoms with E-state index in [4.69, 9.17) is 11.6 Å². The highest BCUT2D eigenvalue weighted by atomic mass is 35.5. The highest BCUT2D eigenvalue weighted by Crippen LogP contribution is 2.40. The Labute approximate surface area is 80.1 Å². The van der Waals surface area contributed by atoms with Crippen molar-refractivity contribution in [1.82, 2.24) is 0 Å². The maximum Gasteiger partial charge on any atom is 0.0585 e. The molecule has 4 unspecified atom stereocenters. The van der Waals surface area contributed by atoms with Crippen molar-refractivity contribution >= 4 is 11.6 Å². The topological polar surface area (TPSA) is 20.2 Å². The van der Waals surface area contributed by atoms with E-state index >= 15 is 0 Å². The predicted molar refractivity (Wildman–Crippen MR) is 52.4 cm³/mol. The summed E-state index contributed by atoms with van der Waals surface area (Å²) < 4.78 is 0. The number of alkyl halides is 1. The first-order valence-corrected chi connectivity index (χ1v) is 5.46. The van der Waals surface area contributed by atoms with Gasteiger partial charge in [-0.05, 0) is 24.7 Å². The Morgan fingerprint density at radius 1 is 1.33 bits per heavy atom. The average molecular weight is 191 g/mol. The molecule has 1 rings (SSSR count). The summed E-state index contributed by atoms with van der Waals surface area (Å²) >= 11 is 6.17. The number of rotatable bonds is 3. The number of halogens is 1. The Hall–Kier alpha value is 0.250. The molecule has 1 nitrogen and oxygen atoms in total. The van der Waals surface area contributed by atoms with Gasteiger partial charge in [0.25, 0.3) is 0 Å². The van der Waals surface area contributed by atoms with Crippen LogP contribution in [0, 0.1) is 11.8 Å². The standard InChI is InChI=1S/C10H19ClO/c1-3-5-8-7(4-2)10(12)6-9(8)11/h7-10,12H,3-6H2,1-2H3. The third kappa shape index (κ3) is 1.94. The quantitative estimate of drug-likeness (QED) is 0.679. The highest BCUT2D eigenvalue weighted by molar-refractivity contribution is 6.21. The molecule has 0 bridgehead atoms. The van der Waals surface area contributed by atoms with Crippen molar-refractivity contribution in [2.75, 3.05) is 0 Å². The lowest BCUT2D eigenvalue weighted by Gasteiger charge is -2.21. The smallest absolute Gasteiger partial charge is 0.0585 e. The molecule has 2 heteroatoms. The maximum atomic E-state index is 9.67. The number of hydrogen-bond acceptors (Lipinski definition) is 1. The molecule has 1 aliphatic rings. The first kappa shape index (κ1) is 10.3. The van der Waals surface area contributed by atoms with Crippen LogP contribution in [-0.2, 0) is 0 Å². The minimum atomic E-state index is -0.144. The van der Waals surface area contributed by atoms with E-state index in [2.05, 4.69) is 13.8 Å². The average Bonchev–Trinajstić information content (AvgIpc) is 2.28. The van der Waals surface area contributed by atoms with Gasteiger partial charge in [0.2, 0.25) is 0 Å². The summed E-state index contributed by atoms with van der Waals surface area (Å²) in [6.45, 7) is 4.33. The summed E-state index contributed by atoms with van der Waals surface area (Å²) in [4.78, 5) is 0. The van der Waals surface area contributed by atoms with Crippen molar-refractivity contribution in [2.45, 2.75) is 51.0 Å². The molecule has 4 atom stereocenters. The van der Waals surface area contributed by atoms with E-state index in [0.717, 1.165) is 12.8 Å². The molecule has 0 saturated heterocycles. The van der Waals surface area contributed by atoms with Gasteiger partial charge >= 0.3 is 0 Å². The van der Waals surface area contributed by atoms with Crippen molar-refractivity contribution in [3.63, 3.8) is 0 Å². The van der Waals surface area contributed by atoms with Gasteiger partial charge in [-0.25, -0.2) is 0 Å². The Bertz CT molecular complexity index is 138. The molecule has 0 aromatic heterocycles. The second-order valence-electron chi connectivity index (χ2n) is 3.84. The van der Waals surface area contributed by atoms with Crippen LogP contribution in [0.1, 0.15) is 39.5 Å². The lowest BCUT2D eigenvalue weighted by atomic mass is 9.89. The van der Waals surface area contributed by atoms with Crippen molar-refractivity contribution in [3.8, 4) is 0 Å². The molecule has 1 fully saturated rings. The predicted octanol–water partition coefficient (Wildman–Crippen LogP) is 2.80. The van der Waals surface area contributed by atoms with Crippen molar-refractivity contribution in [1.29, 1.82) is 0 Å². The van der Waals surface area contributed by atoms with E-state index in [0.29, 0.717) is 11.8 Å². The minimum absolute atomic E-state index is 0.144. The fourth-order valence-corrected chi connectivity index (χ4v) is 2.93. The van der Waals surface area contributed by atoms with E-state index in [-0.39, 0.29) is 11.5 Å². The van der Waals surface area contributed by atoms with Gasteiger partial charge in [-0.3, -0.25) is 0 Å². The largest absolute Gasteiger partial charge is 0.393 e. The summed E-state index contributed by atoms with van der Waals surface area (Å²) in [6.07, 6.45) is 4.06. The van der Waals surface area contributed by atoms with Gasteiger partial charge in [-0.1, -0.05) is 26.7 Å².